The molecular weight excluding hydrogens is 200 g/mol. The van der Waals surface area contributed by atoms with Gasteiger partial charge in [0, 0.05) is 38.1 Å². The summed E-state index contributed by atoms with van der Waals surface area (Å²) >= 11 is 0. The largest absolute Gasteiger partial charge is 0.387 e. The van der Waals surface area contributed by atoms with Crippen molar-refractivity contribution in [2.24, 2.45) is 11.7 Å². The van der Waals surface area contributed by atoms with E-state index in [0.29, 0.717) is 5.84 Å². The summed E-state index contributed by atoms with van der Waals surface area (Å²) in [7, 11) is 0. The first-order chi connectivity index (χ1) is 7.66. The Morgan fingerprint density at radius 1 is 1.38 bits per heavy atom. The van der Waals surface area contributed by atoms with Crippen LogP contribution in [0.25, 0.3) is 0 Å². The average molecular weight is 224 g/mol. The number of amidine groups is 1. The third kappa shape index (κ3) is 2.74. The van der Waals surface area contributed by atoms with Crippen LogP contribution in [-0.4, -0.2) is 54.4 Å². The topological polar surface area (TPSA) is 56.4 Å². The lowest BCUT2D eigenvalue weighted by atomic mass is 9.99. The minimum absolute atomic E-state index is 0.204. The van der Waals surface area contributed by atoms with Crippen LogP contribution in [0.3, 0.4) is 0 Å². The predicted octanol–water partition coefficient (Wildman–Crippen LogP) is 0.729. The Morgan fingerprint density at radius 2 is 2.19 bits per heavy atom. The van der Waals surface area contributed by atoms with Gasteiger partial charge in [0.05, 0.1) is 5.84 Å². The summed E-state index contributed by atoms with van der Waals surface area (Å²) in [4.78, 5) is 5.12. The summed E-state index contributed by atoms with van der Waals surface area (Å²) in [5, 5.41) is 7.44. The molecule has 2 unspecified atom stereocenters. The highest BCUT2D eigenvalue weighted by atomic mass is 15.3. The van der Waals surface area contributed by atoms with Crippen LogP contribution in [-0.2, 0) is 0 Å². The normalized spacial score (nSPS) is 29.7. The zero-order chi connectivity index (χ0) is 11.5. The van der Waals surface area contributed by atoms with E-state index < -0.39 is 0 Å². The third-order valence-corrected chi connectivity index (χ3v) is 3.98. The number of piperazine rings is 1. The van der Waals surface area contributed by atoms with E-state index >= 15 is 0 Å². The standard InChI is InChI=1S/C12H24N4/c1-10(12(13)14)8-15-6-7-16-5-3-2-4-11(16)9-15/h10-11H,2-9H2,1H3,(H3,13,14). The molecule has 4 nitrogen and oxygen atoms in total. The molecule has 16 heavy (non-hydrogen) atoms. The quantitative estimate of drug-likeness (QED) is 0.549. The first-order valence-electron chi connectivity index (χ1n) is 6.47. The Morgan fingerprint density at radius 3 is 2.94 bits per heavy atom. The predicted molar refractivity (Wildman–Crippen MR) is 66.7 cm³/mol. The molecule has 2 aliphatic heterocycles. The highest BCUT2D eigenvalue weighted by molar-refractivity contribution is 5.79. The fourth-order valence-electron chi connectivity index (χ4n) is 2.87. The lowest BCUT2D eigenvalue weighted by Crippen LogP contribution is -2.55. The van der Waals surface area contributed by atoms with Crippen LogP contribution >= 0.6 is 0 Å². The molecule has 2 heterocycles. The van der Waals surface area contributed by atoms with Gasteiger partial charge < -0.3 is 5.73 Å². The number of nitrogens with zero attached hydrogens (tertiary/aromatic N) is 2. The van der Waals surface area contributed by atoms with Crippen molar-refractivity contribution in [3.05, 3.63) is 0 Å². The number of hydrogen-bond acceptors (Lipinski definition) is 3. The van der Waals surface area contributed by atoms with Crippen LogP contribution in [0, 0.1) is 11.3 Å². The molecule has 92 valence electrons. The van der Waals surface area contributed by atoms with Gasteiger partial charge in [-0.2, -0.15) is 0 Å². The van der Waals surface area contributed by atoms with Gasteiger partial charge in [0.1, 0.15) is 0 Å². The second-order valence-electron chi connectivity index (χ2n) is 5.30. The Hall–Kier alpha value is -0.610. The maximum atomic E-state index is 7.44. The number of rotatable bonds is 3. The lowest BCUT2D eigenvalue weighted by Gasteiger charge is -2.44. The van der Waals surface area contributed by atoms with Crippen molar-refractivity contribution in [2.75, 3.05) is 32.7 Å². The molecular formula is C12H24N4. The molecule has 2 fully saturated rings. The molecule has 0 aromatic rings. The number of hydrogen-bond donors (Lipinski definition) is 2. The number of fused-ring (bicyclic) bond motifs is 1. The smallest absolute Gasteiger partial charge is 0.0947 e. The second kappa shape index (κ2) is 5.15. The Labute approximate surface area is 98.3 Å². The molecule has 0 aliphatic carbocycles. The van der Waals surface area contributed by atoms with E-state index in [2.05, 4.69) is 16.7 Å². The molecule has 0 radical (unpaired) electrons. The van der Waals surface area contributed by atoms with Gasteiger partial charge in [-0.3, -0.25) is 15.2 Å². The van der Waals surface area contributed by atoms with Gasteiger partial charge in [-0.15, -0.1) is 0 Å². The molecule has 2 atom stereocenters. The maximum Gasteiger partial charge on any atom is 0.0947 e. The fraction of sp³-hybridized carbons (Fsp3) is 0.917. The van der Waals surface area contributed by atoms with Crippen molar-refractivity contribution in [2.45, 2.75) is 32.2 Å². The van der Waals surface area contributed by atoms with Gasteiger partial charge >= 0.3 is 0 Å². The summed E-state index contributed by atoms with van der Waals surface area (Å²) in [6.07, 6.45) is 4.11. The van der Waals surface area contributed by atoms with Crippen molar-refractivity contribution in [3.8, 4) is 0 Å². The lowest BCUT2D eigenvalue weighted by molar-refractivity contribution is 0.0465. The first-order valence-corrected chi connectivity index (χ1v) is 6.47. The number of nitrogens with one attached hydrogen (secondary N) is 1. The second-order valence-corrected chi connectivity index (χ2v) is 5.30. The van der Waals surface area contributed by atoms with Gasteiger partial charge in [0.2, 0.25) is 0 Å². The molecule has 2 rings (SSSR count). The summed E-state index contributed by atoms with van der Waals surface area (Å²) in [6.45, 7) is 7.83. The van der Waals surface area contributed by atoms with Crippen molar-refractivity contribution >= 4 is 5.84 Å². The van der Waals surface area contributed by atoms with Crippen molar-refractivity contribution < 1.29 is 0 Å². The van der Waals surface area contributed by atoms with Gasteiger partial charge in [0.15, 0.2) is 0 Å². The van der Waals surface area contributed by atoms with E-state index in [1.54, 1.807) is 0 Å². The fourth-order valence-corrected chi connectivity index (χ4v) is 2.87. The molecule has 0 saturated carbocycles. The van der Waals surface area contributed by atoms with E-state index in [1.165, 1.54) is 38.9 Å². The van der Waals surface area contributed by atoms with Crippen LogP contribution in [0.2, 0.25) is 0 Å². The summed E-state index contributed by atoms with van der Waals surface area (Å²) < 4.78 is 0. The van der Waals surface area contributed by atoms with E-state index in [9.17, 15) is 0 Å². The minimum Gasteiger partial charge on any atom is -0.387 e. The van der Waals surface area contributed by atoms with E-state index in [4.69, 9.17) is 11.1 Å². The van der Waals surface area contributed by atoms with Crippen LogP contribution < -0.4 is 5.73 Å². The Bertz CT molecular complexity index is 253. The van der Waals surface area contributed by atoms with Gasteiger partial charge in [-0.25, -0.2) is 0 Å². The molecule has 0 aromatic carbocycles. The van der Waals surface area contributed by atoms with E-state index in [-0.39, 0.29) is 5.92 Å². The van der Waals surface area contributed by atoms with Crippen molar-refractivity contribution in [1.29, 1.82) is 5.41 Å². The zero-order valence-electron chi connectivity index (χ0n) is 10.3. The highest BCUT2D eigenvalue weighted by Crippen LogP contribution is 2.21. The molecule has 3 N–H and O–H groups in total. The monoisotopic (exact) mass is 224 g/mol. The molecule has 4 heteroatoms. The van der Waals surface area contributed by atoms with E-state index in [0.717, 1.165) is 19.1 Å². The van der Waals surface area contributed by atoms with Gasteiger partial charge in [-0.05, 0) is 19.4 Å². The number of piperidine rings is 1. The zero-order valence-corrected chi connectivity index (χ0v) is 10.3. The molecule has 0 spiro atoms. The molecule has 2 saturated heterocycles. The van der Waals surface area contributed by atoms with Crippen molar-refractivity contribution in [3.63, 3.8) is 0 Å². The summed E-state index contributed by atoms with van der Waals surface area (Å²) in [5.41, 5.74) is 5.53. The third-order valence-electron chi connectivity index (χ3n) is 3.98. The van der Waals surface area contributed by atoms with Gasteiger partial charge in [0.25, 0.3) is 0 Å². The van der Waals surface area contributed by atoms with Crippen LogP contribution in [0.1, 0.15) is 26.2 Å². The summed E-state index contributed by atoms with van der Waals surface area (Å²) in [5.74, 6) is 0.529. The van der Waals surface area contributed by atoms with Gasteiger partial charge in [-0.1, -0.05) is 13.3 Å². The van der Waals surface area contributed by atoms with Crippen LogP contribution in [0.5, 0.6) is 0 Å². The molecule has 0 amide bonds. The average Bonchev–Trinajstić information content (AvgIpc) is 2.28. The number of nitrogens with two attached hydrogens (primary N) is 1. The molecule has 2 aliphatic rings. The summed E-state index contributed by atoms with van der Waals surface area (Å²) in [6, 6.07) is 0.765. The van der Waals surface area contributed by atoms with Crippen LogP contribution in [0.15, 0.2) is 0 Å². The SMILES string of the molecule is CC(CN1CCN2CCCCC2C1)C(=N)N. The van der Waals surface area contributed by atoms with Crippen molar-refractivity contribution in [1.82, 2.24) is 9.80 Å². The first kappa shape index (κ1) is 11.9. The van der Waals surface area contributed by atoms with E-state index in [1.807, 2.05) is 0 Å². The molecule has 0 aromatic heterocycles. The Balaban J connectivity index is 1.83. The minimum atomic E-state index is 0.204. The highest BCUT2D eigenvalue weighted by Gasteiger charge is 2.29. The maximum absolute atomic E-state index is 7.44. The molecule has 0 bridgehead atoms. The Kier molecular flexibility index (Phi) is 3.82. The van der Waals surface area contributed by atoms with Crippen LogP contribution in [0.4, 0.5) is 0 Å².